The second kappa shape index (κ2) is 7.66. The van der Waals surface area contributed by atoms with Gasteiger partial charge in [-0.1, -0.05) is 96.8 Å². The predicted octanol–water partition coefficient (Wildman–Crippen LogP) is 3.55. The van der Waals surface area contributed by atoms with Crippen LogP contribution in [0.4, 0.5) is 0 Å². The lowest BCUT2D eigenvalue weighted by Crippen LogP contribution is -2.27. The minimum atomic E-state index is -1.89. The van der Waals surface area contributed by atoms with Crippen LogP contribution < -0.4 is 15.9 Å². The molecule has 0 aromatic heterocycles. The molecule has 0 saturated carbocycles. The lowest BCUT2D eigenvalue weighted by Gasteiger charge is -2.29. The van der Waals surface area contributed by atoms with E-state index in [9.17, 15) is 5.11 Å². The van der Waals surface area contributed by atoms with E-state index >= 15 is 0 Å². The Balaban J connectivity index is 2.35. The Morgan fingerprint density at radius 2 is 1.04 bits per heavy atom. The van der Waals surface area contributed by atoms with Crippen LogP contribution in [0, 0.1) is 0 Å². The Kier molecular flexibility index (Phi) is 5.35. The molecule has 2 heteroatoms. The number of aliphatic hydroxyl groups is 1. The van der Waals surface area contributed by atoms with E-state index in [2.05, 4.69) is 96.8 Å². The maximum absolute atomic E-state index is 9.94. The SMILES string of the molecule is CC(O)CC=P(c1ccccc1)(c1ccccc1)c1ccccc1. The summed E-state index contributed by atoms with van der Waals surface area (Å²) in [5.74, 6) is 2.36. The van der Waals surface area contributed by atoms with Crippen LogP contribution in [0.3, 0.4) is 0 Å². The Bertz CT molecular complexity index is 705. The van der Waals surface area contributed by atoms with Crippen molar-refractivity contribution in [1.29, 1.82) is 0 Å². The van der Waals surface area contributed by atoms with Crippen molar-refractivity contribution in [3.05, 3.63) is 91.0 Å². The molecule has 0 radical (unpaired) electrons. The summed E-state index contributed by atoms with van der Waals surface area (Å²) in [6.07, 6.45) is 0.326. The number of benzene rings is 3. The van der Waals surface area contributed by atoms with Crippen LogP contribution in [0.25, 0.3) is 0 Å². The van der Waals surface area contributed by atoms with Gasteiger partial charge in [0.15, 0.2) is 0 Å². The third-order valence-electron chi connectivity index (χ3n) is 4.21. The van der Waals surface area contributed by atoms with Crippen LogP contribution >= 0.6 is 6.89 Å². The zero-order valence-electron chi connectivity index (χ0n) is 13.9. The van der Waals surface area contributed by atoms with Gasteiger partial charge in [0.2, 0.25) is 0 Å². The number of hydrogen-bond donors (Lipinski definition) is 1. The standard InChI is InChI=1S/C22H23OP/c1-19(23)17-18-24(20-11-5-2-6-12-20,21-13-7-3-8-14-21)22-15-9-4-10-16-22/h2-16,18-19,23H,17H2,1H3. The van der Waals surface area contributed by atoms with Gasteiger partial charge in [-0.15, -0.1) is 0 Å². The van der Waals surface area contributed by atoms with Crippen molar-refractivity contribution < 1.29 is 5.11 Å². The average Bonchev–Trinajstić information content (AvgIpc) is 2.65. The summed E-state index contributed by atoms with van der Waals surface area (Å²) in [6.45, 7) is -0.0388. The fourth-order valence-electron chi connectivity index (χ4n) is 3.06. The van der Waals surface area contributed by atoms with Crippen molar-refractivity contribution in [2.75, 3.05) is 0 Å². The second-order valence-corrected chi connectivity index (χ2v) is 9.36. The van der Waals surface area contributed by atoms with E-state index in [0.29, 0.717) is 6.42 Å². The highest BCUT2D eigenvalue weighted by molar-refractivity contribution is 7.94. The van der Waals surface area contributed by atoms with Crippen molar-refractivity contribution in [3.8, 4) is 0 Å². The van der Waals surface area contributed by atoms with E-state index in [1.807, 2.05) is 6.92 Å². The van der Waals surface area contributed by atoms with E-state index in [0.717, 1.165) is 0 Å². The molecule has 1 nitrogen and oxygen atoms in total. The summed E-state index contributed by atoms with van der Waals surface area (Å²) < 4.78 is 0. The molecule has 3 rings (SSSR count). The van der Waals surface area contributed by atoms with E-state index in [1.165, 1.54) is 15.9 Å². The number of hydrogen-bond acceptors (Lipinski definition) is 1. The molecule has 1 atom stereocenters. The van der Waals surface area contributed by atoms with E-state index in [4.69, 9.17) is 0 Å². The van der Waals surface area contributed by atoms with Gasteiger partial charge in [-0.25, -0.2) is 0 Å². The first-order chi connectivity index (χ1) is 11.7. The molecule has 1 unspecified atom stereocenters. The first kappa shape index (κ1) is 16.8. The minimum absolute atomic E-state index is 0.347. The van der Waals surface area contributed by atoms with E-state index in [-0.39, 0.29) is 6.10 Å². The molecule has 24 heavy (non-hydrogen) atoms. The summed E-state index contributed by atoms with van der Waals surface area (Å²) in [7, 11) is 0. The predicted molar refractivity (Wildman–Crippen MR) is 108 cm³/mol. The molecule has 1 N–H and O–H groups in total. The molecule has 0 spiro atoms. The van der Waals surface area contributed by atoms with E-state index < -0.39 is 6.89 Å². The molecule has 0 heterocycles. The number of aliphatic hydroxyl groups excluding tert-OH is 1. The topological polar surface area (TPSA) is 20.2 Å². The van der Waals surface area contributed by atoms with Gasteiger partial charge in [-0.2, -0.15) is 0 Å². The zero-order chi connectivity index (χ0) is 16.8. The van der Waals surface area contributed by atoms with Gasteiger partial charge in [0.25, 0.3) is 0 Å². The summed E-state index contributed by atoms with van der Waals surface area (Å²) in [5, 5.41) is 13.9. The fourth-order valence-corrected chi connectivity index (χ4v) is 7.14. The van der Waals surface area contributed by atoms with Crippen molar-refractivity contribution in [3.63, 3.8) is 0 Å². The monoisotopic (exact) mass is 334 g/mol. The molecule has 0 fully saturated rings. The summed E-state index contributed by atoms with van der Waals surface area (Å²) in [4.78, 5) is 0. The van der Waals surface area contributed by atoms with Gasteiger partial charge in [0, 0.05) is 0 Å². The average molecular weight is 334 g/mol. The molecule has 0 amide bonds. The van der Waals surface area contributed by atoms with Crippen LogP contribution in [0.5, 0.6) is 0 Å². The van der Waals surface area contributed by atoms with Crippen molar-refractivity contribution in [2.45, 2.75) is 19.4 Å². The smallest absolute Gasteiger partial charge is 0.0547 e. The Hall–Kier alpha value is -2.08. The lowest BCUT2D eigenvalue weighted by atomic mass is 10.3. The first-order valence-electron chi connectivity index (χ1n) is 8.31. The van der Waals surface area contributed by atoms with Crippen LogP contribution in [0.2, 0.25) is 0 Å². The normalized spacial score (nSPS) is 12.6. The zero-order valence-corrected chi connectivity index (χ0v) is 14.8. The molecule has 0 aliphatic rings. The maximum atomic E-state index is 9.94. The third kappa shape index (κ3) is 3.38. The fraction of sp³-hybridized carbons (Fsp3) is 0.136. The molecule has 3 aromatic carbocycles. The lowest BCUT2D eigenvalue weighted by molar-refractivity contribution is 0.205. The molecule has 0 saturated heterocycles. The first-order valence-corrected chi connectivity index (χ1v) is 10.2. The van der Waals surface area contributed by atoms with Crippen LogP contribution in [0.1, 0.15) is 13.3 Å². The molecule has 3 aromatic rings. The molecule has 0 bridgehead atoms. The molecular formula is C22H23OP. The molecular weight excluding hydrogens is 311 g/mol. The van der Waals surface area contributed by atoms with E-state index in [1.54, 1.807) is 0 Å². The van der Waals surface area contributed by atoms with Gasteiger partial charge in [-0.05, 0) is 36.1 Å². The van der Waals surface area contributed by atoms with Crippen molar-refractivity contribution in [2.24, 2.45) is 0 Å². The van der Waals surface area contributed by atoms with Crippen molar-refractivity contribution >= 4 is 28.6 Å². The Morgan fingerprint density at radius 1 is 0.708 bits per heavy atom. The van der Waals surface area contributed by atoms with Gasteiger partial charge in [-0.3, -0.25) is 0 Å². The van der Waals surface area contributed by atoms with Gasteiger partial charge in [0.05, 0.1) is 6.10 Å². The van der Waals surface area contributed by atoms with Crippen molar-refractivity contribution in [1.82, 2.24) is 0 Å². The molecule has 0 aliphatic carbocycles. The highest BCUT2D eigenvalue weighted by atomic mass is 31.2. The highest BCUT2D eigenvalue weighted by Gasteiger charge is 2.24. The Labute approximate surface area is 144 Å². The minimum Gasteiger partial charge on any atom is -0.393 e. The summed E-state index contributed by atoms with van der Waals surface area (Å²) >= 11 is 0. The Morgan fingerprint density at radius 3 is 1.33 bits per heavy atom. The summed E-state index contributed by atoms with van der Waals surface area (Å²) in [6, 6.07) is 32.1. The van der Waals surface area contributed by atoms with Crippen LogP contribution in [-0.4, -0.2) is 17.0 Å². The summed E-state index contributed by atoms with van der Waals surface area (Å²) in [5.41, 5.74) is 0. The molecule has 0 aliphatic heterocycles. The van der Waals surface area contributed by atoms with Gasteiger partial charge >= 0.3 is 0 Å². The van der Waals surface area contributed by atoms with Crippen LogP contribution in [0.15, 0.2) is 91.0 Å². The third-order valence-corrected chi connectivity index (χ3v) is 8.31. The van der Waals surface area contributed by atoms with Gasteiger partial charge in [0.1, 0.15) is 0 Å². The quantitative estimate of drug-likeness (QED) is 0.708. The largest absolute Gasteiger partial charge is 0.393 e. The highest BCUT2D eigenvalue weighted by Crippen LogP contribution is 2.43. The second-order valence-electron chi connectivity index (χ2n) is 6.00. The maximum Gasteiger partial charge on any atom is 0.0547 e. The van der Waals surface area contributed by atoms with Gasteiger partial charge < -0.3 is 5.11 Å². The molecule has 122 valence electrons. The van der Waals surface area contributed by atoms with Crippen LogP contribution in [-0.2, 0) is 0 Å². The number of rotatable bonds is 5.